The van der Waals surface area contributed by atoms with E-state index in [1.165, 1.54) is 30.5 Å². The molecule has 0 aliphatic rings. The topological polar surface area (TPSA) is 76.3 Å². The maximum atomic E-state index is 13.2. The van der Waals surface area contributed by atoms with Crippen molar-refractivity contribution >= 4 is 11.8 Å². The van der Waals surface area contributed by atoms with E-state index in [0.717, 1.165) is 0 Å². The van der Waals surface area contributed by atoms with Gasteiger partial charge >= 0.3 is 0 Å². The summed E-state index contributed by atoms with van der Waals surface area (Å²) in [6.07, 6.45) is 1.32. The minimum absolute atomic E-state index is 0.102. The van der Waals surface area contributed by atoms with E-state index in [1.807, 2.05) is 6.92 Å². The average Bonchev–Trinajstić information content (AvgIpc) is 2.52. The van der Waals surface area contributed by atoms with Crippen LogP contribution in [-0.4, -0.2) is 28.2 Å². The standard InChI is InChI=1S/C16H16FN3O2/c1-2-20(10-11-4-3-5-13(17)8-11)16(22)12-6-7-14(15(18)21)19-9-12/h3-9H,2,10H2,1H3,(H2,18,21). The highest BCUT2D eigenvalue weighted by atomic mass is 19.1. The van der Waals surface area contributed by atoms with Gasteiger partial charge in [0.15, 0.2) is 0 Å². The van der Waals surface area contributed by atoms with Gasteiger partial charge < -0.3 is 10.6 Å². The van der Waals surface area contributed by atoms with Crippen LogP contribution in [0.3, 0.4) is 0 Å². The lowest BCUT2D eigenvalue weighted by Gasteiger charge is -2.21. The van der Waals surface area contributed by atoms with E-state index >= 15 is 0 Å². The molecular formula is C16H16FN3O2. The molecule has 114 valence electrons. The molecule has 1 heterocycles. The van der Waals surface area contributed by atoms with E-state index in [0.29, 0.717) is 24.2 Å². The quantitative estimate of drug-likeness (QED) is 0.917. The fourth-order valence-corrected chi connectivity index (χ4v) is 2.03. The SMILES string of the molecule is CCN(Cc1cccc(F)c1)C(=O)c1ccc(C(N)=O)nc1. The van der Waals surface area contributed by atoms with Crippen molar-refractivity contribution < 1.29 is 14.0 Å². The molecule has 0 saturated carbocycles. The third-order valence-corrected chi connectivity index (χ3v) is 3.19. The largest absolute Gasteiger partial charge is 0.364 e. The van der Waals surface area contributed by atoms with Crippen LogP contribution in [0.15, 0.2) is 42.6 Å². The van der Waals surface area contributed by atoms with Gasteiger partial charge in [-0.25, -0.2) is 4.39 Å². The highest BCUT2D eigenvalue weighted by Gasteiger charge is 2.15. The summed E-state index contributed by atoms with van der Waals surface area (Å²) in [4.78, 5) is 28.8. The number of carbonyl (C=O) groups excluding carboxylic acids is 2. The Balaban J connectivity index is 2.16. The zero-order valence-corrected chi connectivity index (χ0v) is 12.1. The lowest BCUT2D eigenvalue weighted by atomic mass is 10.1. The zero-order valence-electron chi connectivity index (χ0n) is 12.1. The third-order valence-electron chi connectivity index (χ3n) is 3.19. The van der Waals surface area contributed by atoms with Crippen molar-refractivity contribution in [2.45, 2.75) is 13.5 Å². The number of hydrogen-bond acceptors (Lipinski definition) is 3. The van der Waals surface area contributed by atoms with Gasteiger partial charge in [0, 0.05) is 19.3 Å². The summed E-state index contributed by atoms with van der Waals surface area (Å²) < 4.78 is 13.2. The molecule has 0 radical (unpaired) electrons. The van der Waals surface area contributed by atoms with E-state index < -0.39 is 5.91 Å². The van der Waals surface area contributed by atoms with Crippen molar-refractivity contribution in [1.29, 1.82) is 0 Å². The normalized spacial score (nSPS) is 10.3. The number of carbonyl (C=O) groups is 2. The van der Waals surface area contributed by atoms with Crippen LogP contribution in [0.2, 0.25) is 0 Å². The Morgan fingerprint density at radius 2 is 2.05 bits per heavy atom. The molecule has 0 atom stereocenters. The zero-order chi connectivity index (χ0) is 16.1. The van der Waals surface area contributed by atoms with Crippen molar-refractivity contribution in [2.75, 3.05) is 6.54 Å². The molecule has 0 unspecified atom stereocenters. The van der Waals surface area contributed by atoms with Crippen LogP contribution in [0.5, 0.6) is 0 Å². The van der Waals surface area contributed by atoms with Crippen molar-refractivity contribution in [1.82, 2.24) is 9.88 Å². The Hall–Kier alpha value is -2.76. The predicted molar refractivity (Wildman–Crippen MR) is 79.6 cm³/mol. The lowest BCUT2D eigenvalue weighted by molar-refractivity contribution is 0.0751. The molecule has 0 fully saturated rings. The van der Waals surface area contributed by atoms with Crippen LogP contribution in [0.1, 0.15) is 33.3 Å². The van der Waals surface area contributed by atoms with Crippen LogP contribution in [-0.2, 0) is 6.54 Å². The van der Waals surface area contributed by atoms with Crippen LogP contribution in [0.4, 0.5) is 4.39 Å². The molecule has 22 heavy (non-hydrogen) atoms. The second-order valence-electron chi connectivity index (χ2n) is 4.75. The van der Waals surface area contributed by atoms with E-state index in [9.17, 15) is 14.0 Å². The highest BCUT2D eigenvalue weighted by Crippen LogP contribution is 2.11. The average molecular weight is 301 g/mol. The number of hydrogen-bond donors (Lipinski definition) is 1. The predicted octanol–water partition coefficient (Wildman–Crippen LogP) is 1.98. The van der Waals surface area contributed by atoms with Gasteiger partial charge in [-0.3, -0.25) is 14.6 Å². The molecule has 2 amide bonds. The Morgan fingerprint density at radius 3 is 2.59 bits per heavy atom. The Bertz CT molecular complexity index is 686. The number of amides is 2. The van der Waals surface area contributed by atoms with Crippen LogP contribution < -0.4 is 5.73 Å². The van der Waals surface area contributed by atoms with Crippen molar-refractivity contribution in [3.63, 3.8) is 0 Å². The molecular weight excluding hydrogens is 285 g/mol. The molecule has 5 nitrogen and oxygen atoms in total. The number of benzene rings is 1. The number of nitrogens with two attached hydrogens (primary N) is 1. The molecule has 1 aromatic carbocycles. The molecule has 0 spiro atoms. The van der Waals surface area contributed by atoms with E-state index in [1.54, 1.807) is 17.0 Å². The second kappa shape index (κ2) is 6.80. The fraction of sp³-hybridized carbons (Fsp3) is 0.188. The summed E-state index contributed by atoms with van der Waals surface area (Å²) in [5.74, 6) is -1.23. The maximum Gasteiger partial charge on any atom is 0.267 e. The molecule has 2 rings (SSSR count). The maximum absolute atomic E-state index is 13.2. The Labute approximate surface area is 127 Å². The number of halogens is 1. The van der Waals surface area contributed by atoms with Gasteiger partial charge in [0.1, 0.15) is 11.5 Å². The summed E-state index contributed by atoms with van der Waals surface area (Å²) in [7, 11) is 0. The first-order chi connectivity index (χ1) is 10.5. The smallest absolute Gasteiger partial charge is 0.267 e. The third kappa shape index (κ3) is 3.66. The van der Waals surface area contributed by atoms with Crippen LogP contribution >= 0.6 is 0 Å². The minimum atomic E-state index is -0.647. The first-order valence-electron chi connectivity index (χ1n) is 6.81. The Kier molecular flexibility index (Phi) is 4.83. The molecule has 1 aromatic heterocycles. The number of primary amides is 1. The van der Waals surface area contributed by atoms with Gasteiger partial charge in [0.25, 0.3) is 11.8 Å². The highest BCUT2D eigenvalue weighted by molar-refractivity contribution is 5.95. The first kappa shape index (κ1) is 15.6. The van der Waals surface area contributed by atoms with E-state index in [2.05, 4.69) is 4.98 Å². The first-order valence-corrected chi connectivity index (χ1v) is 6.81. The monoisotopic (exact) mass is 301 g/mol. The number of rotatable bonds is 5. The Morgan fingerprint density at radius 1 is 1.27 bits per heavy atom. The fourth-order valence-electron chi connectivity index (χ4n) is 2.03. The van der Waals surface area contributed by atoms with Crippen molar-refractivity contribution in [3.05, 3.63) is 65.2 Å². The number of nitrogens with zero attached hydrogens (tertiary/aromatic N) is 2. The van der Waals surface area contributed by atoms with Gasteiger partial charge in [0.2, 0.25) is 0 Å². The van der Waals surface area contributed by atoms with Gasteiger partial charge in [-0.15, -0.1) is 0 Å². The summed E-state index contributed by atoms with van der Waals surface area (Å²) in [5, 5.41) is 0. The van der Waals surface area contributed by atoms with Crippen molar-refractivity contribution in [2.24, 2.45) is 5.73 Å². The second-order valence-corrected chi connectivity index (χ2v) is 4.75. The van der Waals surface area contributed by atoms with E-state index in [4.69, 9.17) is 5.73 Å². The molecule has 0 saturated heterocycles. The van der Waals surface area contributed by atoms with Gasteiger partial charge in [0.05, 0.1) is 5.56 Å². The summed E-state index contributed by atoms with van der Waals surface area (Å²) in [5.41, 5.74) is 6.27. The summed E-state index contributed by atoms with van der Waals surface area (Å²) in [6.45, 7) is 2.60. The molecule has 2 aromatic rings. The van der Waals surface area contributed by atoms with Crippen LogP contribution in [0, 0.1) is 5.82 Å². The lowest BCUT2D eigenvalue weighted by Crippen LogP contribution is -2.30. The number of aromatic nitrogens is 1. The van der Waals surface area contributed by atoms with E-state index in [-0.39, 0.29) is 17.4 Å². The van der Waals surface area contributed by atoms with Gasteiger partial charge in [-0.05, 0) is 36.8 Å². The summed E-state index contributed by atoms with van der Waals surface area (Å²) >= 11 is 0. The molecule has 0 bridgehead atoms. The van der Waals surface area contributed by atoms with Crippen LogP contribution in [0.25, 0.3) is 0 Å². The molecule has 0 aliphatic heterocycles. The van der Waals surface area contributed by atoms with Crippen molar-refractivity contribution in [3.8, 4) is 0 Å². The van der Waals surface area contributed by atoms with Gasteiger partial charge in [-0.1, -0.05) is 12.1 Å². The number of pyridine rings is 1. The molecule has 0 aliphatic carbocycles. The minimum Gasteiger partial charge on any atom is -0.364 e. The molecule has 6 heteroatoms. The molecule has 2 N–H and O–H groups in total. The summed E-state index contributed by atoms with van der Waals surface area (Å²) in [6, 6.07) is 9.02. The van der Waals surface area contributed by atoms with Gasteiger partial charge in [-0.2, -0.15) is 0 Å².